The Hall–Kier alpha value is -2.54. The molecule has 0 aliphatic carbocycles. The van der Waals surface area contributed by atoms with E-state index in [1.165, 1.54) is 0 Å². The topological polar surface area (TPSA) is 79.7 Å². The number of aryl methyl sites for hydroxylation is 1. The van der Waals surface area contributed by atoms with Crippen molar-refractivity contribution in [2.75, 3.05) is 6.54 Å². The first-order valence-corrected chi connectivity index (χ1v) is 7.78. The molecule has 23 heavy (non-hydrogen) atoms. The van der Waals surface area contributed by atoms with E-state index in [1.807, 2.05) is 29.8 Å². The monoisotopic (exact) mass is 310 g/mol. The maximum absolute atomic E-state index is 12.3. The quantitative estimate of drug-likeness (QED) is 0.791. The van der Waals surface area contributed by atoms with Crippen LogP contribution >= 0.6 is 0 Å². The number of rotatable bonds is 3. The van der Waals surface area contributed by atoms with Crippen LogP contribution in [0.1, 0.15) is 30.5 Å². The standard InChI is InChI=1S/C16H18N6O/c1-21-10-17-20-14(21)9-22-8-4-7-13(22)15-18-12-6-3-2-5-11(12)16(23)19-15/h2-3,5-6,10,13H,4,7-9H2,1H3,(H,18,19,23). The van der Waals surface area contributed by atoms with Crippen LogP contribution < -0.4 is 5.56 Å². The van der Waals surface area contributed by atoms with Crippen molar-refractivity contribution in [2.24, 2.45) is 7.05 Å². The molecule has 4 rings (SSSR count). The maximum Gasteiger partial charge on any atom is 0.258 e. The zero-order valence-corrected chi connectivity index (χ0v) is 12.9. The minimum atomic E-state index is -0.0730. The fraction of sp³-hybridized carbons (Fsp3) is 0.375. The summed E-state index contributed by atoms with van der Waals surface area (Å²) in [6, 6.07) is 7.57. The average Bonchev–Trinajstić information content (AvgIpc) is 3.17. The second-order valence-electron chi connectivity index (χ2n) is 5.95. The summed E-state index contributed by atoms with van der Waals surface area (Å²) in [6.07, 6.45) is 3.77. The van der Waals surface area contributed by atoms with Crippen LogP contribution in [0.3, 0.4) is 0 Å². The lowest BCUT2D eigenvalue weighted by Crippen LogP contribution is -2.27. The molecule has 1 aliphatic rings. The Labute approximate surface area is 133 Å². The van der Waals surface area contributed by atoms with Gasteiger partial charge in [-0.2, -0.15) is 0 Å². The van der Waals surface area contributed by atoms with Crippen molar-refractivity contribution < 1.29 is 0 Å². The van der Waals surface area contributed by atoms with Crippen LogP contribution in [-0.2, 0) is 13.6 Å². The smallest absolute Gasteiger partial charge is 0.258 e. The minimum absolute atomic E-state index is 0.0730. The number of aromatic amines is 1. The van der Waals surface area contributed by atoms with Crippen molar-refractivity contribution in [3.05, 3.63) is 52.6 Å². The van der Waals surface area contributed by atoms with Crippen LogP contribution in [-0.4, -0.2) is 36.2 Å². The molecule has 7 nitrogen and oxygen atoms in total. The third kappa shape index (κ3) is 2.53. The van der Waals surface area contributed by atoms with E-state index in [1.54, 1.807) is 12.4 Å². The molecule has 0 amide bonds. The molecular formula is C16H18N6O. The molecule has 1 N–H and O–H groups in total. The number of aromatic nitrogens is 5. The van der Waals surface area contributed by atoms with E-state index in [2.05, 4.69) is 25.1 Å². The number of nitrogens with one attached hydrogen (secondary N) is 1. The lowest BCUT2D eigenvalue weighted by Gasteiger charge is -2.23. The molecule has 0 spiro atoms. The van der Waals surface area contributed by atoms with Crippen molar-refractivity contribution in [3.63, 3.8) is 0 Å². The van der Waals surface area contributed by atoms with Crippen LogP contribution in [0.25, 0.3) is 10.9 Å². The second-order valence-corrected chi connectivity index (χ2v) is 5.95. The van der Waals surface area contributed by atoms with Crippen molar-refractivity contribution in [3.8, 4) is 0 Å². The number of hydrogen-bond acceptors (Lipinski definition) is 5. The molecule has 1 fully saturated rings. The zero-order valence-electron chi connectivity index (χ0n) is 12.9. The molecule has 1 aromatic carbocycles. The number of nitrogens with zero attached hydrogens (tertiary/aromatic N) is 5. The number of fused-ring (bicyclic) bond motifs is 1. The van der Waals surface area contributed by atoms with E-state index in [0.717, 1.165) is 36.6 Å². The van der Waals surface area contributed by atoms with Crippen LogP contribution in [0.15, 0.2) is 35.4 Å². The second kappa shape index (κ2) is 5.58. The molecule has 1 unspecified atom stereocenters. The number of para-hydroxylation sites is 1. The minimum Gasteiger partial charge on any atom is -0.320 e. The van der Waals surface area contributed by atoms with Gasteiger partial charge in [0.05, 0.1) is 23.5 Å². The highest BCUT2D eigenvalue weighted by atomic mass is 16.1. The number of benzene rings is 1. The van der Waals surface area contributed by atoms with E-state index in [4.69, 9.17) is 0 Å². The van der Waals surface area contributed by atoms with Gasteiger partial charge in [0.25, 0.3) is 5.56 Å². The molecule has 0 radical (unpaired) electrons. The van der Waals surface area contributed by atoms with Gasteiger partial charge in [0.1, 0.15) is 18.0 Å². The van der Waals surface area contributed by atoms with Gasteiger partial charge in [-0.1, -0.05) is 12.1 Å². The first kappa shape index (κ1) is 14.1. The Morgan fingerprint density at radius 1 is 1.35 bits per heavy atom. The summed E-state index contributed by atoms with van der Waals surface area (Å²) in [5, 5.41) is 8.72. The van der Waals surface area contributed by atoms with E-state index < -0.39 is 0 Å². The maximum atomic E-state index is 12.3. The Bertz CT molecular complexity index is 899. The zero-order chi connectivity index (χ0) is 15.8. The predicted octanol–water partition coefficient (Wildman–Crippen LogP) is 1.39. The first-order chi connectivity index (χ1) is 11.2. The van der Waals surface area contributed by atoms with Crippen LogP contribution in [0, 0.1) is 0 Å². The van der Waals surface area contributed by atoms with Crippen molar-refractivity contribution in [1.82, 2.24) is 29.6 Å². The SMILES string of the molecule is Cn1cnnc1CN1CCCC1c1nc2ccccc2c(=O)[nH]1. The van der Waals surface area contributed by atoms with Crippen molar-refractivity contribution in [1.29, 1.82) is 0 Å². The Kier molecular flexibility index (Phi) is 3.42. The molecule has 1 saturated heterocycles. The fourth-order valence-corrected chi connectivity index (χ4v) is 3.22. The van der Waals surface area contributed by atoms with Crippen LogP contribution in [0.5, 0.6) is 0 Å². The first-order valence-electron chi connectivity index (χ1n) is 7.78. The van der Waals surface area contributed by atoms with E-state index in [9.17, 15) is 4.79 Å². The molecule has 3 aromatic rings. The third-order valence-electron chi connectivity index (χ3n) is 4.46. The normalized spacial score (nSPS) is 18.7. The largest absolute Gasteiger partial charge is 0.320 e. The highest BCUT2D eigenvalue weighted by Crippen LogP contribution is 2.30. The Balaban J connectivity index is 1.69. The molecule has 7 heteroatoms. The average molecular weight is 310 g/mol. The van der Waals surface area contributed by atoms with Gasteiger partial charge in [-0.3, -0.25) is 9.69 Å². The van der Waals surface area contributed by atoms with Crippen molar-refractivity contribution in [2.45, 2.75) is 25.4 Å². The number of hydrogen-bond donors (Lipinski definition) is 1. The van der Waals surface area contributed by atoms with Gasteiger partial charge in [-0.15, -0.1) is 10.2 Å². The molecule has 118 valence electrons. The Morgan fingerprint density at radius 3 is 3.04 bits per heavy atom. The van der Waals surface area contributed by atoms with E-state index >= 15 is 0 Å². The summed E-state index contributed by atoms with van der Waals surface area (Å²) < 4.78 is 1.92. The van der Waals surface area contributed by atoms with Gasteiger partial charge in [-0.05, 0) is 31.5 Å². The molecule has 0 bridgehead atoms. The molecule has 1 atom stereocenters. The van der Waals surface area contributed by atoms with Gasteiger partial charge in [0.15, 0.2) is 0 Å². The van der Waals surface area contributed by atoms with Crippen LogP contribution in [0.2, 0.25) is 0 Å². The summed E-state index contributed by atoms with van der Waals surface area (Å²) in [4.78, 5) is 22.2. The van der Waals surface area contributed by atoms with Crippen molar-refractivity contribution >= 4 is 10.9 Å². The van der Waals surface area contributed by atoms with E-state index in [0.29, 0.717) is 11.9 Å². The van der Waals surface area contributed by atoms with Gasteiger partial charge < -0.3 is 9.55 Å². The van der Waals surface area contributed by atoms with Crippen LogP contribution in [0.4, 0.5) is 0 Å². The highest BCUT2D eigenvalue weighted by molar-refractivity contribution is 5.77. The third-order valence-corrected chi connectivity index (χ3v) is 4.46. The highest BCUT2D eigenvalue weighted by Gasteiger charge is 2.29. The molecular weight excluding hydrogens is 292 g/mol. The summed E-state index contributed by atoms with van der Waals surface area (Å²) >= 11 is 0. The summed E-state index contributed by atoms with van der Waals surface area (Å²) in [6.45, 7) is 1.67. The summed E-state index contributed by atoms with van der Waals surface area (Å²) in [5.41, 5.74) is 0.674. The van der Waals surface area contributed by atoms with Gasteiger partial charge in [-0.25, -0.2) is 4.98 Å². The summed E-state index contributed by atoms with van der Waals surface area (Å²) in [5.74, 6) is 1.66. The molecule has 3 heterocycles. The molecule has 1 aliphatic heterocycles. The summed E-state index contributed by atoms with van der Waals surface area (Å²) in [7, 11) is 1.94. The number of likely N-dealkylation sites (tertiary alicyclic amines) is 1. The predicted molar refractivity (Wildman–Crippen MR) is 85.8 cm³/mol. The number of H-pyrrole nitrogens is 1. The lowest BCUT2D eigenvalue weighted by atomic mass is 10.2. The Morgan fingerprint density at radius 2 is 2.22 bits per heavy atom. The van der Waals surface area contributed by atoms with Gasteiger partial charge in [0, 0.05) is 7.05 Å². The molecule has 0 saturated carbocycles. The van der Waals surface area contributed by atoms with Gasteiger partial charge in [0.2, 0.25) is 0 Å². The van der Waals surface area contributed by atoms with E-state index in [-0.39, 0.29) is 11.6 Å². The lowest BCUT2D eigenvalue weighted by molar-refractivity contribution is 0.231. The van der Waals surface area contributed by atoms with Gasteiger partial charge >= 0.3 is 0 Å². The fourth-order valence-electron chi connectivity index (χ4n) is 3.22. The molecule has 2 aromatic heterocycles.